The highest BCUT2D eigenvalue weighted by Gasteiger charge is 2.04. The van der Waals surface area contributed by atoms with Gasteiger partial charge in [0, 0.05) is 11.8 Å². The van der Waals surface area contributed by atoms with E-state index in [9.17, 15) is 0 Å². The summed E-state index contributed by atoms with van der Waals surface area (Å²) in [4.78, 5) is 0. The third kappa shape index (κ3) is 1.96. The zero-order chi connectivity index (χ0) is 9.68. The van der Waals surface area contributed by atoms with Crippen LogP contribution in [-0.4, -0.2) is 13.3 Å². The van der Waals surface area contributed by atoms with Gasteiger partial charge in [-0.1, -0.05) is 18.2 Å². The van der Waals surface area contributed by atoms with E-state index in [0.717, 1.165) is 23.3 Å². The Morgan fingerprint density at radius 2 is 2.31 bits per heavy atom. The van der Waals surface area contributed by atoms with E-state index in [4.69, 9.17) is 10.1 Å². The summed E-state index contributed by atoms with van der Waals surface area (Å²) in [5, 5.41) is 7.19. The molecular formula is C11H13NO. The lowest BCUT2D eigenvalue weighted by atomic mass is 10.1. The molecule has 0 aliphatic heterocycles. The monoisotopic (exact) mass is 175 g/mol. The maximum Gasteiger partial charge on any atom is 0.131 e. The van der Waals surface area contributed by atoms with E-state index in [0.29, 0.717) is 0 Å². The van der Waals surface area contributed by atoms with Crippen LogP contribution in [-0.2, 0) is 6.42 Å². The molecule has 0 aromatic heterocycles. The van der Waals surface area contributed by atoms with Crippen LogP contribution < -0.4 is 4.74 Å². The highest BCUT2D eigenvalue weighted by molar-refractivity contribution is 5.82. The summed E-state index contributed by atoms with van der Waals surface area (Å²) in [6, 6.07) is 5.76. The maximum absolute atomic E-state index is 7.19. The molecule has 1 rings (SSSR count). The first-order valence-electron chi connectivity index (χ1n) is 4.10. The predicted molar refractivity (Wildman–Crippen MR) is 54.8 cm³/mol. The first-order chi connectivity index (χ1) is 6.33. The van der Waals surface area contributed by atoms with Crippen LogP contribution in [0.3, 0.4) is 0 Å². The minimum atomic E-state index is 0.769. The Hall–Kier alpha value is -1.57. The van der Waals surface area contributed by atoms with Crippen LogP contribution in [0.1, 0.15) is 11.1 Å². The number of nitrogens with one attached hydrogen (secondary N) is 1. The van der Waals surface area contributed by atoms with E-state index in [1.165, 1.54) is 6.21 Å². The molecule has 0 saturated heterocycles. The van der Waals surface area contributed by atoms with E-state index in [1.807, 2.05) is 24.3 Å². The van der Waals surface area contributed by atoms with Gasteiger partial charge in [-0.25, -0.2) is 0 Å². The second kappa shape index (κ2) is 4.45. The predicted octanol–water partition coefficient (Wildman–Crippen LogP) is 2.42. The van der Waals surface area contributed by atoms with Gasteiger partial charge in [0.1, 0.15) is 5.75 Å². The van der Waals surface area contributed by atoms with Crippen molar-refractivity contribution in [2.45, 2.75) is 6.42 Å². The van der Waals surface area contributed by atoms with Gasteiger partial charge in [0.15, 0.2) is 0 Å². The van der Waals surface area contributed by atoms with Crippen LogP contribution in [0.15, 0.2) is 30.9 Å². The quantitative estimate of drug-likeness (QED) is 0.553. The fraction of sp³-hybridized carbons (Fsp3) is 0.182. The fourth-order valence-electron chi connectivity index (χ4n) is 1.28. The van der Waals surface area contributed by atoms with E-state index in [1.54, 1.807) is 7.11 Å². The standard InChI is InChI=1S/C11H13NO/c1-3-5-9-6-4-7-10(8-12)11(9)13-2/h3-4,6-8,12H,1,5H2,2H3. The second-order valence-electron chi connectivity index (χ2n) is 2.68. The second-order valence-corrected chi connectivity index (χ2v) is 2.68. The molecule has 0 heterocycles. The normalized spacial score (nSPS) is 9.31. The molecule has 1 aromatic carbocycles. The van der Waals surface area contributed by atoms with Crippen LogP contribution in [0, 0.1) is 5.41 Å². The Morgan fingerprint density at radius 3 is 2.85 bits per heavy atom. The highest BCUT2D eigenvalue weighted by Crippen LogP contribution is 2.22. The molecule has 2 heteroatoms. The van der Waals surface area contributed by atoms with E-state index < -0.39 is 0 Å². The number of benzene rings is 1. The molecule has 13 heavy (non-hydrogen) atoms. The number of allylic oxidation sites excluding steroid dienone is 1. The van der Waals surface area contributed by atoms with Gasteiger partial charge in [0.05, 0.1) is 7.11 Å². The van der Waals surface area contributed by atoms with Gasteiger partial charge in [-0.15, -0.1) is 6.58 Å². The Bertz CT molecular complexity index is 318. The lowest BCUT2D eigenvalue weighted by molar-refractivity contribution is 0.410. The summed E-state index contributed by atoms with van der Waals surface area (Å²) in [6.07, 6.45) is 3.89. The van der Waals surface area contributed by atoms with Crippen molar-refractivity contribution < 1.29 is 4.74 Å². The van der Waals surface area contributed by atoms with Crippen LogP contribution in [0.2, 0.25) is 0 Å². The third-order valence-electron chi connectivity index (χ3n) is 1.85. The van der Waals surface area contributed by atoms with Gasteiger partial charge < -0.3 is 10.1 Å². The summed E-state index contributed by atoms with van der Waals surface area (Å²) >= 11 is 0. The van der Waals surface area contributed by atoms with E-state index in [2.05, 4.69) is 6.58 Å². The van der Waals surface area contributed by atoms with Crippen molar-refractivity contribution in [2.75, 3.05) is 7.11 Å². The summed E-state index contributed by atoms with van der Waals surface area (Å²) in [5.74, 6) is 0.775. The topological polar surface area (TPSA) is 33.1 Å². The van der Waals surface area contributed by atoms with Crippen LogP contribution in [0.25, 0.3) is 0 Å². The average molecular weight is 175 g/mol. The number of rotatable bonds is 4. The van der Waals surface area contributed by atoms with Gasteiger partial charge in [0.2, 0.25) is 0 Å². The molecule has 0 aliphatic carbocycles. The van der Waals surface area contributed by atoms with Gasteiger partial charge in [-0.2, -0.15) is 0 Å². The molecule has 0 amide bonds. The molecular weight excluding hydrogens is 162 g/mol. The molecule has 0 bridgehead atoms. The third-order valence-corrected chi connectivity index (χ3v) is 1.85. The molecule has 1 aromatic rings. The van der Waals surface area contributed by atoms with Crippen LogP contribution in [0.5, 0.6) is 5.75 Å². The smallest absolute Gasteiger partial charge is 0.131 e. The largest absolute Gasteiger partial charge is 0.496 e. The van der Waals surface area contributed by atoms with Crippen LogP contribution >= 0.6 is 0 Å². The molecule has 0 unspecified atom stereocenters. The Balaban J connectivity index is 3.17. The van der Waals surface area contributed by atoms with Gasteiger partial charge in [-0.3, -0.25) is 0 Å². The van der Waals surface area contributed by atoms with Crippen LogP contribution in [0.4, 0.5) is 0 Å². The molecule has 0 atom stereocenters. The number of methoxy groups -OCH3 is 1. The minimum Gasteiger partial charge on any atom is -0.496 e. The van der Waals surface area contributed by atoms with Crippen molar-refractivity contribution in [3.05, 3.63) is 42.0 Å². The molecule has 0 fully saturated rings. The Labute approximate surface area is 78.4 Å². The fourth-order valence-corrected chi connectivity index (χ4v) is 1.28. The lowest BCUT2D eigenvalue weighted by Crippen LogP contribution is -1.95. The number of ether oxygens (including phenoxy) is 1. The van der Waals surface area contributed by atoms with Gasteiger partial charge in [-0.05, 0) is 18.1 Å². The lowest BCUT2D eigenvalue weighted by Gasteiger charge is -2.08. The van der Waals surface area contributed by atoms with Crippen molar-refractivity contribution in [2.24, 2.45) is 0 Å². The van der Waals surface area contributed by atoms with Crippen molar-refractivity contribution in [1.82, 2.24) is 0 Å². The molecule has 0 saturated carbocycles. The van der Waals surface area contributed by atoms with Crippen molar-refractivity contribution in [1.29, 1.82) is 5.41 Å². The molecule has 2 nitrogen and oxygen atoms in total. The number of hydrogen-bond donors (Lipinski definition) is 1. The van der Waals surface area contributed by atoms with Gasteiger partial charge >= 0.3 is 0 Å². The summed E-state index contributed by atoms with van der Waals surface area (Å²) in [7, 11) is 1.62. The Morgan fingerprint density at radius 1 is 1.54 bits per heavy atom. The SMILES string of the molecule is C=CCc1cccc(C=N)c1OC. The summed E-state index contributed by atoms with van der Waals surface area (Å²) < 4.78 is 5.22. The van der Waals surface area contributed by atoms with Crippen molar-refractivity contribution >= 4 is 6.21 Å². The number of hydrogen-bond acceptors (Lipinski definition) is 2. The summed E-state index contributed by atoms with van der Waals surface area (Å²) in [5.41, 5.74) is 1.88. The molecule has 0 spiro atoms. The van der Waals surface area contributed by atoms with E-state index in [-0.39, 0.29) is 0 Å². The molecule has 68 valence electrons. The first kappa shape index (κ1) is 9.52. The van der Waals surface area contributed by atoms with Gasteiger partial charge in [0.25, 0.3) is 0 Å². The van der Waals surface area contributed by atoms with E-state index >= 15 is 0 Å². The average Bonchev–Trinajstić information content (AvgIpc) is 2.18. The molecule has 0 aliphatic rings. The van der Waals surface area contributed by atoms with Crippen molar-refractivity contribution in [3.8, 4) is 5.75 Å². The summed E-state index contributed by atoms with van der Waals surface area (Å²) in [6.45, 7) is 3.67. The minimum absolute atomic E-state index is 0.769. The molecule has 0 radical (unpaired) electrons. The number of para-hydroxylation sites is 1. The van der Waals surface area contributed by atoms with Crippen molar-refractivity contribution in [3.63, 3.8) is 0 Å². The molecule has 1 N–H and O–H groups in total. The first-order valence-corrected chi connectivity index (χ1v) is 4.10. The maximum atomic E-state index is 7.19. The highest BCUT2D eigenvalue weighted by atomic mass is 16.5. The zero-order valence-electron chi connectivity index (χ0n) is 7.71. The Kier molecular flexibility index (Phi) is 3.26. The zero-order valence-corrected chi connectivity index (χ0v) is 7.71.